The standard InChI is InChI=1S/C10H19NO3/c1-3-4-8-5-6-9(12)7-11(8)10(13)14-2/h8-9,12H,3-7H2,1-2H3/t8-,9+/m1/s1. The van der Waals surface area contributed by atoms with Gasteiger partial charge in [0.25, 0.3) is 0 Å². The first-order chi connectivity index (χ1) is 6.69. The molecule has 1 heterocycles. The third-order valence-electron chi connectivity index (χ3n) is 2.71. The normalized spacial score (nSPS) is 27.5. The third kappa shape index (κ3) is 2.61. The Morgan fingerprint density at radius 1 is 1.57 bits per heavy atom. The topological polar surface area (TPSA) is 49.8 Å². The smallest absolute Gasteiger partial charge is 0.409 e. The predicted octanol–water partition coefficient (Wildman–Crippen LogP) is 1.38. The van der Waals surface area contributed by atoms with Gasteiger partial charge in [-0.3, -0.25) is 0 Å². The van der Waals surface area contributed by atoms with Gasteiger partial charge in [-0.05, 0) is 19.3 Å². The molecule has 1 amide bonds. The molecule has 1 fully saturated rings. The van der Waals surface area contributed by atoms with Crippen LogP contribution in [0, 0.1) is 0 Å². The maximum absolute atomic E-state index is 11.4. The molecule has 1 rings (SSSR count). The number of rotatable bonds is 2. The number of likely N-dealkylation sites (tertiary alicyclic amines) is 1. The second-order valence-electron chi connectivity index (χ2n) is 3.80. The molecule has 1 N–H and O–H groups in total. The molecule has 0 aromatic rings. The maximum atomic E-state index is 11.4. The van der Waals surface area contributed by atoms with Crippen LogP contribution in [0.25, 0.3) is 0 Å². The van der Waals surface area contributed by atoms with Crippen LogP contribution in [0.15, 0.2) is 0 Å². The molecule has 14 heavy (non-hydrogen) atoms. The average Bonchev–Trinajstić information content (AvgIpc) is 2.20. The summed E-state index contributed by atoms with van der Waals surface area (Å²) in [5.74, 6) is 0. The lowest BCUT2D eigenvalue weighted by Gasteiger charge is -2.36. The Morgan fingerprint density at radius 3 is 2.86 bits per heavy atom. The van der Waals surface area contributed by atoms with Gasteiger partial charge in [-0.25, -0.2) is 4.79 Å². The minimum atomic E-state index is -0.387. The molecule has 4 heteroatoms. The van der Waals surface area contributed by atoms with E-state index in [1.165, 1.54) is 7.11 Å². The Hall–Kier alpha value is -0.770. The van der Waals surface area contributed by atoms with E-state index in [4.69, 9.17) is 4.74 Å². The van der Waals surface area contributed by atoms with Crippen LogP contribution in [-0.4, -0.2) is 41.9 Å². The summed E-state index contributed by atoms with van der Waals surface area (Å²) in [6, 6.07) is 0.246. The zero-order chi connectivity index (χ0) is 10.6. The van der Waals surface area contributed by atoms with Crippen LogP contribution in [-0.2, 0) is 4.74 Å². The molecule has 1 aliphatic heterocycles. The number of β-amino-alcohol motifs (C(OH)–C–C–N with tert-alkyl or cyclic N) is 1. The Balaban J connectivity index is 2.58. The molecular weight excluding hydrogens is 182 g/mol. The highest BCUT2D eigenvalue weighted by Crippen LogP contribution is 2.21. The fourth-order valence-electron chi connectivity index (χ4n) is 1.98. The molecule has 0 spiro atoms. The van der Waals surface area contributed by atoms with E-state index in [0.717, 1.165) is 25.7 Å². The van der Waals surface area contributed by atoms with Crippen molar-refractivity contribution < 1.29 is 14.6 Å². The zero-order valence-corrected chi connectivity index (χ0v) is 8.90. The van der Waals surface area contributed by atoms with Crippen molar-refractivity contribution in [1.82, 2.24) is 4.90 Å². The Bertz CT molecular complexity index is 196. The summed E-state index contributed by atoms with van der Waals surface area (Å²) in [5.41, 5.74) is 0. The number of piperidine rings is 1. The van der Waals surface area contributed by atoms with Crippen LogP contribution in [0.5, 0.6) is 0 Å². The molecule has 82 valence electrons. The third-order valence-corrected chi connectivity index (χ3v) is 2.71. The van der Waals surface area contributed by atoms with Crippen molar-refractivity contribution in [3.05, 3.63) is 0 Å². The van der Waals surface area contributed by atoms with Gasteiger partial charge in [-0.1, -0.05) is 13.3 Å². The summed E-state index contributed by atoms with van der Waals surface area (Å²) in [6.07, 6.45) is 3.00. The van der Waals surface area contributed by atoms with E-state index in [2.05, 4.69) is 6.92 Å². The quantitative estimate of drug-likeness (QED) is 0.734. The second kappa shape index (κ2) is 5.20. The lowest BCUT2D eigenvalue weighted by Crippen LogP contribution is -2.48. The lowest BCUT2D eigenvalue weighted by molar-refractivity contribution is 0.0278. The number of amides is 1. The van der Waals surface area contributed by atoms with Crippen LogP contribution < -0.4 is 0 Å². The van der Waals surface area contributed by atoms with Gasteiger partial charge in [0.1, 0.15) is 0 Å². The Kier molecular flexibility index (Phi) is 4.20. The van der Waals surface area contributed by atoms with E-state index in [9.17, 15) is 9.90 Å². The maximum Gasteiger partial charge on any atom is 0.409 e. The van der Waals surface area contributed by atoms with Crippen molar-refractivity contribution >= 4 is 6.09 Å². The summed E-state index contributed by atoms with van der Waals surface area (Å²) in [4.78, 5) is 13.0. The minimum absolute atomic E-state index is 0.246. The SMILES string of the molecule is CCC[C@@H]1CC[C@H](O)CN1C(=O)OC. The molecule has 2 atom stereocenters. The highest BCUT2D eigenvalue weighted by atomic mass is 16.5. The van der Waals surface area contributed by atoms with E-state index in [-0.39, 0.29) is 18.2 Å². The fraction of sp³-hybridized carbons (Fsp3) is 0.900. The summed E-state index contributed by atoms with van der Waals surface area (Å²) < 4.78 is 4.69. The van der Waals surface area contributed by atoms with Crippen LogP contribution in [0.1, 0.15) is 32.6 Å². The van der Waals surface area contributed by atoms with Crippen molar-refractivity contribution in [3.63, 3.8) is 0 Å². The van der Waals surface area contributed by atoms with Crippen LogP contribution >= 0.6 is 0 Å². The van der Waals surface area contributed by atoms with Gasteiger partial charge in [0.2, 0.25) is 0 Å². The number of hydrogen-bond acceptors (Lipinski definition) is 3. The van der Waals surface area contributed by atoms with E-state index >= 15 is 0 Å². The predicted molar refractivity (Wildman–Crippen MR) is 53.0 cm³/mol. The number of methoxy groups -OCH3 is 1. The van der Waals surface area contributed by atoms with Crippen molar-refractivity contribution in [3.8, 4) is 0 Å². The number of hydrogen-bond donors (Lipinski definition) is 1. The molecule has 0 saturated carbocycles. The van der Waals surface area contributed by atoms with E-state index < -0.39 is 0 Å². The monoisotopic (exact) mass is 201 g/mol. The van der Waals surface area contributed by atoms with Crippen molar-refractivity contribution in [2.75, 3.05) is 13.7 Å². The van der Waals surface area contributed by atoms with Gasteiger partial charge in [0.05, 0.1) is 19.8 Å². The first-order valence-electron chi connectivity index (χ1n) is 5.21. The number of aliphatic hydroxyl groups is 1. The average molecular weight is 201 g/mol. The van der Waals surface area contributed by atoms with Gasteiger partial charge >= 0.3 is 6.09 Å². The number of ether oxygens (including phenoxy) is 1. The number of aliphatic hydroxyl groups excluding tert-OH is 1. The molecule has 1 saturated heterocycles. The zero-order valence-electron chi connectivity index (χ0n) is 8.90. The first kappa shape index (κ1) is 11.3. The van der Waals surface area contributed by atoms with Crippen LogP contribution in [0.3, 0.4) is 0 Å². The second-order valence-corrected chi connectivity index (χ2v) is 3.80. The van der Waals surface area contributed by atoms with Gasteiger partial charge < -0.3 is 14.7 Å². The van der Waals surface area contributed by atoms with E-state index in [1.54, 1.807) is 4.90 Å². The Morgan fingerprint density at radius 2 is 2.29 bits per heavy atom. The number of carbonyl (C=O) groups excluding carboxylic acids is 1. The molecule has 0 unspecified atom stereocenters. The van der Waals surface area contributed by atoms with Crippen molar-refractivity contribution in [1.29, 1.82) is 0 Å². The first-order valence-corrected chi connectivity index (χ1v) is 5.21. The van der Waals surface area contributed by atoms with E-state index in [0.29, 0.717) is 6.54 Å². The van der Waals surface area contributed by atoms with Gasteiger partial charge in [-0.2, -0.15) is 0 Å². The molecule has 0 aromatic carbocycles. The van der Waals surface area contributed by atoms with Gasteiger partial charge in [0.15, 0.2) is 0 Å². The van der Waals surface area contributed by atoms with E-state index in [1.807, 2.05) is 0 Å². The molecule has 4 nitrogen and oxygen atoms in total. The van der Waals surface area contributed by atoms with Gasteiger partial charge in [0, 0.05) is 6.04 Å². The molecule has 0 radical (unpaired) electrons. The highest BCUT2D eigenvalue weighted by Gasteiger charge is 2.30. The van der Waals surface area contributed by atoms with Crippen LogP contribution in [0.4, 0.5) is 4.79 Å². The summed E-state index contributed by atoms with van der Waals surface area (Å²) in [5, 5.41) is 9.46. The minimum Gasteiger partial charge on any atom is -0.453 e. The molecular formula is C10H19NO3. The summed E-state index contributed by atoms with van der Waals surface area (Å²) in [6.45, 7) is 2.51. The summed E-state index contributed by atoms with van der Waals surface area (Å²) in [7, 11) is 1.38. The molecule has 1 aliphatic rings. The van der Waals surface area contributed by atoms with Crippen LogP contribution in [0.2, 0.25) is 0 Å². The van der Waals surface area contributed by atoms with Crippen molar-refractivity contribution in [2.24, 2.45) is 0 Å². The summed E-state index contributed by atoms with van der Waals surface area (Å²) >= 11 is 0. The molecule has 0 aromatic heterocycles. The number of carbonyl (C=O) groups is 1. The lowest BCUT2D eigenvalue weighted by atomic mass is 9.97. The highest BCUT2D eigenvalue weighted by molar-refractivity contribution is 5.68. The largest absolute Gasteiger partial charge is 0.453 e. The Labute approximate surface area is 84.8 Å². The van der Waals surface area contributed by atoms with Crippen molar-refractivity contribution in [2.45, 2.75) is 44.8 Å². The van der Waals surface area contributed by atoms with Gasteiger partial charge in [-0.15, -0.1) is 0 Å². The molecule has 0 aliphatic carbocycles. The fourth-order valence-corrected chi connectivity index (χ4v) is 1.98. The number of nitrogens with zero attached hydrogens (tertiary/aromatic N) is 1. The molecule has 0 bridgehead atoms.